The first kappa shape index (κ1) is 22.4. The minimum atomic E-state index is -4.57. The van der Waals surface area contributed by atoms with E-state index in [1.165, 1.54) is 10.1 Å². The second-order valence-electron chi connectivity index (χ2n) is 8.74. The van der Waals surface area contributed by atoms with Gasteiger partial charge in [0, 0.05) is 24.9 Å². The molecular weight excluding hydrogens is 423 g/mol. The van der Waals surface area contributed by atoms with Gasteiger partial charge in [-0.15, -0.1) is 0 Å². The molecule has 172 valence electrons. The zero-order valence-electron chi connectivity index (χ0n) is 17.9. The van der Waals surface area contributed by atoms with Gasteiger partial charge in [0.05, 0.1) is 0 Å². The molecule has 9 heteroatoms. The Balaban J connectivity index is 1.76. The molecule has 2 heterocycles. The fourth-order valence-corrected chi connectivity index (χ4v) is 5.06. The number of aryl methyl sites for hydroxylation is 1. The summed E-state index contributed by atoms with van der Waals surface area (Å²) in [5.41, 5.74) is 0.695. The fourth-order valence-electron chi connectivity index (χ4n) is 5.06. The van der Waals surface area contributed by atoms with Crippen molar-refractivity contribution in [1.29, 1.82) is 0 Å². The Hall–Kier alpha value is -2.84. The van der Waals surface area contributed by atoms with Gasteiger partial charge < -0.3 is 14.6 Å². The summed E-state index contributed by atoms with van der Waals surface area (Å²) in [4.78, 5) is 29.8. The van der Waals surface area contributed by atoms with Crippen molar-refractivity contribution in [2.75, 3.05) is 13.1 Å². The summed E-state index contributed by atoms with van der Waals surface area (Å²) in [6.45, 7) is 0.528. The molecular formula is C23H26F3N3O3. The van der Waals surface area contributed by atoms with Crippen molar-refractivity contribution in [2.24, 2.45) is 0 Å². The van der Waals surface area contributed by atoms with Gasteiger partial charge in [0.15, 0.2) is 5.69 Å². The first-order valence-electron chi connectivity index (χ1n) is 10.9. The number of aromatic nitrogens is 2. The van der Waals surface area contributed by atoms with Crippen molar-refractivity contribution in [1.82, 2.24) is 14.5 Å². The minimum absolute atomic E-state index is 0.0401. The molecule has 1 fully saturated rings. The zero-order chi connectivity index (χ0) is 23.1. The molecule has 0 atom stereocenters. The molecule has 0 bridgehead atoms. The molecule has 1 aliphatic carbocycles. The monoisotopic (exact) mass is 449 g/mol. The van der Waals surface area contributed by atoms with Crippen LogP contribution < -0.4 is 5.56 Å². The normalized spacial score (nSPS) is 18.1. The Kier molecular flexibility index (Phi) is 5.77. The Labute approximate surface area is 183 Å². The highest BCUT2D eigenvalue weighted by atomic mass is 19.4. The summed E-state index contributed by atoms with van der Waals surface area (Å²) in [6, 6.07) is 8.30. The van der Waals surface area contributed by atoms with E-state index >= 15 is 0 Å². The topological polar surface area (TPSA) is 75.4 Å². The Morgan fingerprint density at radius 1 is 1.16 bits per heavy atom. The maximum absolute atomic E-state index is 12.9. The number of amides is 1. The van der Waals surface area contributed by atoms with Gasteiger partial charge in [-0.3, -0.25) is 9.59 Å². The van der Waals surface area contributed by atoms with E-state index in [-0.39, 0.29) is 18.5 Å². The lowest BCUT2D eigenvalue weighted by Crippen LogP contribution is -2.47. The van der Waals surface area contributed by atoms with E-state index in [1.807, 2.05) is 6.07 Å². The standard InChI is InChI=1S/C23H26F3N3O3/c1-2-15-6-5-7-16(12-15)22(8-3-4-9-22)13-17-27-20(31)19(30)18-21(32)28(10-11-29(17)18)14-23(24,25)26/h5-7,12,30H,2-4,8-11,13-14H2,1H3. The van der Waals surface area contributed by atoms with E-state index in [0.29, 0.717) is 17.1 Å². The van der Waals surface area contributed by atoms with Crippen LogP contribution in [0.1, 0.15) is 60.0 Å². The number of aromatic hydroxyl groups is 1. The molecule has 2 aromatic rings. The van der Waals surface area contributed by atoms with Crippen LogP contribution in [0.5, 0.6) is 5.75 Å². The number of rotatable bonds is 5. The lowest BCUT2D eigenvalue weighted by molar-refractivity contribution is -0.141. The molecule has 0 spiro atoms. The number of hydrogen-bond donors (Lipinski definition) is 1. The van der Waals surface area contributed by atoms with E-state index in [9.17, 15) is 27.9 Å². The van der Waals surface area contributed by atoms with E-state index in [2.05, 4.69) is 30.1 Å². The van der Waals surface area contributed by atoms with Crippen LogP contribution in [-0.4, -0.2) is 44.7 Å². The quantitative estimate of drug-likeness (QED) is 0.757. The highest BCUT2D eigenvalue weighted by Gasteiger charge is 2.41. The summed E-state index contributed by atoms with van der Waals surface area (Å²) >= 11 is 0. The molecule has 1 aliphatic heterocycles. The van der Waals surface area contributed by atoms with Crippen molar-refractivity contribution in [3.63, 3.8) is 0 Å². The Morgan fingerprint density at radius 2 is 1.88 bits per heavy atom. The van der Waals surface area contributed by atoms with Gasteiger partial charge in [0.2, 0.25) is 5.75 Å². The number of fused-ring (bicyclic) bond motifs is 1. The molecule has 0 unspecified atom stereocenters. The summed E-state index contributed by atoms with van der Waals surface area (Å²) in [5, 5.41) is 10.2. The second kappa shape index (κ2) is 8.26. The average molecular weight is 449 g/mol. The van der Waals surface area contributed by atoms with Gasteiger partial charge in [-0.2, -0.15) is 18.2 Å². The molecule has 1 amide bonds. The number of halogens is 3. The number of benzene rings is 1. The van der Waals surface area contributed by atoms with Crippen LogP contribution in [0.15, 0.2) is 29.1 Å². The molecule has 6 nitrogen and oxygen atoms in total. The van der Waals surface area contributed by atoms with Crippen LogP contribution in [0.3, 0.4) is 0 Å². The van der Waals surface area contributed by atoms with Crippen molar-refractivity contribution in [3.8, 4) is 5.75 Å². The van der Waals surface area contributed by atoms with Crippen LogP contribution in [0.4, 0.5) is 13.2 Å². The smallest absolute Gasteiger partial charge is 0.406 e. The third kappa shape index (κ3) is 4.12. The fraction of sp³-hybridized carbons (Fsp3) is 0.522. The number of hydrogen-bond acceptors (Lipinski definition) is 4. The molecule has 32 heavy (non-hydrogen) atoms. The highest BCUT2D eigenvalue weighted by molar-refractivity contribution is 5.95. The number of nitrogens with zero attached hydrogens (tertiary/aromatic N) is 3. The van der Waals surface area contributed by atoms with E-state index in [4.69, 9.17) is 0 Å². The van der Waals surface area contributed by atoms with Gasteiger partial charge in [-0.05, 0) is 30.4 Å². The number of carbonyl (C=O) groups excluding carboxylic acids is 1. The van der Waals surface area contributed by atoms with Crippen LogP contribution in [0.25, 0.3) is 0 Å². The molecule has 1 aromatic carbocycles. The van der Waals surface area contributed by atoms with Crippen LogP contribution in [0.2, 0.25) is 0 Å². The van der Waals surface area contributed by atoms with E-state index in [0.717, 1.165) is 37.7 Å². The van der Waals surface area contributed by atoms with Crippen LogP contribution in [-0.2, 0) is 24.8 Å². The third-order valence-corrected chi connectivity index (χ3v) is 6.70. The number of carbonyl (C=O) groups is 1. The van der Waals surface area contributed by atoms with Crippen LogP contribution in [0, 0.1) is 0 Å². The number of alkyl halides is 3. The Bertz CT molecular complexity index is 1090. The lowest BCUT2D eigenvalue weighted by atomic mass is 9.75. The maximum atomic E-state index is 12.9. The third-order valence-electron chi connectivity index (χ3n) is 6.70. The molecule has 2 aliphatic rings. The molecule has 1 N–H and O–H groups in total. The predicted octanol–water partition coefficient (Wildman–Crippen LogP) is 3.58. The van der Waals surface area contributed by atoms with E-state index in [1.54, 1.807) is 0 Å². The summed E-state index contributed by atoms with van der Waals surface area (Å²) in [7, 11) is 0. The molecule has 0 radical (unpaired) electrons. The summed E-state index contributed by atoms with van der Waals surface area (Å²) < 4.78 is 40.1. The highest BCUT2D eigenvalue weighted by Crippen LogP contribution is 2.44. The van der Waals surface area contributed by atoms with Crippen LogP contribution >= 0.6 is 0 Å². The molecule has 0 saturated heterocycles. The van der Waals surface area contributed by atoms with Gasteiger partial charge in [0.25, 0.3) is 5.91 Å². The first-order chi connectivity index (χ1) is 15.1. The Morgan fingerprint density at radius 3 is 2.53 bits per heavy atom. The molecule has 1 aromatic heterocycles. The first-order valence-corrected chi connectivity index (χ1v) is 10.9. The van der Waals surface area contributed by atoms with Gasteiger partial charge in [0.1, 0.15) is 12.4 Å². The van der Waals surface area contributed by atoms with Crippen molar-refractivity contribution < 1.29 is 23.1 Å². The van der Waals surface area contributed by atoms with Gasteiger partial charge in [-0.1, -0.05) is 44.0 Å². The zero-order valence-corrected chi connectivity index (χ0v) is 17.9. The molecule has 1 saturated carbocycles. The average Bonchev–Trinajstić information content (AvgIpc) is 3.22. The van der Waals surface area contributed by atoms with Gasteiger partial charge in [-0.25, -0.2) is 0 Å². The van der Waals surface area contributed by atoms with Gasteiger partial charge >= 0.3 is 11.7 Å². The second-order valence-corrected chi connectivity index (χ2v) is 8.74. The predicted molar refractivity (Wildman–Crippen MR) is 112 cm³/mol. The van der Waals surface area contributed by atoms with Crippen molar-refractivity contribution in [3.05, 3.63) is 57.3 Å². The SMILES string of the molecule is CCc1cccc(C2(Cc3nc(=O)c(O)c4n3CCN(CC(F)(F)F)C4=O)CCCC2)c1. The summed E-state index contributed by atoms with van der Waals surface area (Å²) in [6.07, 6.45) is 0.519. The van der Waals surface area contributed by atoms with E-state index < -0.39 is 35.6 Å². The molecule has 4 rings (SSSR count). The largest absolute Gasteiger partial charge is 0.501 e. The van der Waals surface area contributed by atoms with Crippen molar-refractivity contribution >= 4 is 5.91 Å². The minimum Gasteiger partial charge on any atom is -0.501 e. The van der Waals surface area contributed by atoms with Crippen molar-refractivity contribution in [2.45, 2.75) is 63.6 Å². The maximum Gasteiger partial charge on any atom is 0.406 e. The summed E-state index contributed by atoms with van der Waals surface area (Å²) in [5.74, 6) is -1.55. The lowest BCUT2D eigenvalue weighted by Gasteiger charge is -2.34.